The van der Waals surface area contributed by atoms with Gasteiger partial charge < -0.3 is 30.6 Å². The molecule has 0 saturated heterocycles. The van der Waals surface area contributed by atoms with Gasteiger partial charge in [-0.15, -0.1) is 0 Å². The van der Waals surface area contributed by atoms with E-state index < -0.39 is 47.5 Å². The highest BCUT2D eigenvalue weighted by Gasteiger charge is 2.28. The second-order valence-electron chi connectivity index (χ2n) is 9.67. The monoisotopic (exact) mass is 541 g/mol. The van der Waals surface area contributed by atoms with Gasteiger partial charge in [0.25, 0.3) is 0 Å². The van der Waals surface area contributed by atoms with Crippen LogP contribution in [0.3, 0.4) is 0 Å². The van der Waals surface area contributed by atoms with Crippen LogP contribution in [0.4, 0.5) is 4.79 Å². The predicted molar refractivity (Wildman–Crippen MR) is 141 cm³/mol. The van der Waals surface area contributed by atoms with Crippen molar-refractivity contribution in [1.82, 2.24) is 10.6 Å². The van der Waals surface area contributed by atoms with E-state index in [1.165, 1.54) is 0 Å². The fourth-order valence-electron chi connectivity index (χ4n) is 3.28. The van der Waals surface area contributed by atoms with E-state index in [1.54, 1.807) is 63.2 Å². The molecule has 2 aromatic rings. The summed E-state index contributed by atoms with van der Waals surface area (Å²) in [7, 11) is 0. The van der Waals surface area contributed by atoms with Crippen molar-refractivity contribution in [3.8, 4) is 5.75 Å². The molecule has 11 heteroatoms. The number of benzene rings is 2. The SMILES string of the molecule is CC(C)(C)OC(=O)N[C@H](CCC(=O)OCc1ccccc1)C(=O)N[C@H](CCC(=O)Oc1ccccc1)C(N)=O. The van der Waals surface area contributed by atoms with Gasteiger partial charge in [-0.05, 0) is 51.3 Å². The molecule has 2 atom stereocenters. The summed E-state index contributed by atoms with van der Waals surface area (Å²) in [6.07, 6.45) is -1.57. The number of primary amides is 1. The van der Waals surface area contributed by atoms with Gasteiger partial charge in [-0.2, -0.15) is 0 Å². The van der Waals surface area contributed by atoms with Gasteiger partial charge in [-0.3, -0.25) is 19.2 Å². The highest BCUT2D eigenvalue weighted by Crippen LogP contribution is 2.12. The summed E-state index contributed by atoms with van der Waals surface area (Å²) in [6.45, 7) is 5.01. The molecule has 11 nitrogen and oxygen atoms in total. The Morgan fingerprint density at radius 2 is 1.36 bits per heavy atom. The average Bonchev–Trinajstić information content (AvgIpc) is 2.87. The topological polar surface area (TPSA) is 163 Å². The van der Waals surface area contributed by atoms with Gasteiger partial charge in [0.15, 0.2) is 0 Å². The summed E-state index contributed by atoms with van der Waals surface area (Å²) in [6, 6.07) is 14.9. The number of carbonyl (C=O) groups is 5. The lowest BCUT2D eigenvalue weighted by molar-refractivity contribution is -0.145. The van der Waals surface area contributed by atoms with Gasteiger partial charge in [-0.1, -0.05) is 48.5 Å². The third-order valence-electron chi connectivity index (χ3n) is 5.16. The Morgan fingerprint density at radius 1 is 0.795 bits per heavy atom. The van der Waals surface area contributed by atoms with Crippen molar-refractivity contribution >= 4 is 29.8 Å². The lowest BCUT2D eigenvalue weighted by Gasteiger charge is -2.24. The quantitative estimate of drug-likeness (QED) is 0.257. The maximum atomic E-state index is 13.0. The number of hydrogen-bond acceptors (Lipinski definition) is 8. The molecule has 0 heterocycles. The normalized spacial score (nSPS) is 12.4. The minimum absolute atomic E-state index is 0.0544. The van der Waals surface area contributed by atoms with Gasteiger partial charge in [0.2, 0.25) is 11.8 Å². The number of carbonyl (C=O) groups excluding carboxylic acids is 5. The zero-order chi connectivity index (χ0) is 28.8. The van der Waals surface area contributed by atoms with Crippen molar-refractivity contribution in [2.45, 2.75) is 70.7 Å². The van der Waals surface area contributed by atoms with E-state index in [0.717, 1.165) is 5.56 Å². The molecule has 0 bridgehead atoms. The van der Waals surface area contributed by atoms with Crippen LogP contribution < -0.4 is 21.1 Å². The van der Waals surface area contributed by atoms with Crippen molar-refractivity contribution < 1.29 is 38.2 Å². The summed E-state index contributed by atoms with van der Waals surface area (Å²) in [5.74, 6) is -2.53. The molecule has 0 radical (unpaired) electrons. The minimum Gasteiger partial charge on any atom is -0.461 e. The molecule has 0 aliphatic heterocycles. The fourth-order valence-corrected chi connectivity index (χ4v) is 3.28. The van der Waals surface area contributed by atoms with Gasteiger partial charge in [-0.25, -0.2) is 4.79 Å². The lowest BCUT2D eigenvalue weighted by atomic mass is 10.1. The molecular weight excluding hydrogens is 506 g/mol. The van der Waals surface area contributed by atoms with Crippen LogP contribution in [0.25, 0.3) is 0 Å². The Labute approximate surface area is 227 Å². The maximum absolute atomic E-state index is 13.0. The number of ether oxygens (including phenoxy) is 3. The first-order valence-corrected chi connectivity index (χ1v) is 12.5. The van der Waals surface area contributed by atoms with E-state index in [2.05, 4.69) is 10.6 Å². The third-order valence-corrected chi connectivity index (χ3v) is 5.16. The summed E-state index contributed by atoms with van der Waals surface area (Å²) >= 11 is 0. The first-order chi connectivity index (χ1) is 18.4. The molecule has 0 aliphatic carbocycles. The van der Waals surface area contributed by atoms with Crippen molar-refractivity contribution in [3.63, 3.8) is 0 Å². The number of rotatable bonds is 13. The van der Waals surface area contributed by atoms with E-state index in [0.29, 0.717) is 5.75 Å². The summed E-state index contributed by atoms with van der Waals surface area (Å²) in [4.78, 5) is 61.8. The van der Waals surface area contributed by atoms with E-state index >= 15 is 0 Å². The smallest absolute Gasteiger partial charge is 0.408 e. The van der Waals surface area contributed by atoms with Gasteiger partial charge in [0.05, 0.1) is 0 Å². The number of hydrogen-bond donors (Lipinski definition) is 3. The second kappa shape index (κ2) is 15.1. The Balaban J connectivity index is 1.98. The molecule has 2 rings (SSSR count). The first-order valence-electron chi connectivity index (χ1n) is 12.5. The third kappa shape index (κ3) is 12.6. The van der Waals surface area contributed by atoms with Crippen LogP contribution in [-0.2, 0) is 35.3 Å². The second-order valence-corrected chi connectivity index (χ2v) is 9.67. The molecule has 2 aromatic carbocycles. The standard InChI is InChI=1S/C28H35N3O8/c1-28(2,3)39-27(36)31-22(15-16-23(32)37-18-19-10-6-4-7-11-19)26(35)30-21(25(29)34)14-17-24(33)38-20-12-8-5-9-13-20/h4-13,21-22H,14-18H2,1-3H3,(H2,29,34)(H,30,35)(H,31,36)/t21-,22-/m1/s1. The largest absolute Gasteiger partial charge is 0.461 e. The van der Waals surface area contributed by atoms with Crippen LogP contribution in [0.2, 0.25) is 0 Å². The molecule has 0 unspecified atom stereocenters. The zero-order valence-electron chi connectivity index (χ0n) is 22.3. The number of nitrogens with two attached hydrogens (primary N) is 1. The van der Waals surface area contributed by atoms with Crippen LogP contribution in [0.15, 0.2) is 60.7 Å². The minimum atomic E-state index is -1.25. The number of para-hydroxylation sites is 1. The lowest BCUT2D eigenvalue weighted by Crippen LogP contribution is -2.53. The fraction of sp³-hybridized carbons (Fsp3) is 0.393. The Hall–Kier alpha value is -4.41. The number of amides is 3. The molecule has 0 saturated carbocycles. The Morgan fingerprint density at radius 3 is 1.95 bits per heavy atom. The molecule has 0 spiro atoms. The van der Waals surface area contributed by atoms with E-state index in [4.69, 9.17) is 19.9 Å². The van der Waals surface area contributed by atoms with Crippen molar-refractivity contribution in [3.05, 3.63) is 66.2 Å². The number of alkyl carbamates (subject to hydrolysis) is 1. The molecule has 210 valence electrons. The molecule has 0 fully saturated rings. The Kier molecular flexibility index (Phi) is 11.9. The zero-order valence-corrected chi connectivity index (χ0v) is 22.3. The average molecular weight is 542 g/mol. The molecule has 4 N–H and O–H groups in total. The maximum Gasteiger partial charge on any atom is 0.408 e. The van der Waals surface area contributed by atoms with E-state index in [1.807, 2.05) is 18.2 Å². The molecule has 39 heavy (non-hydrogen) atoms. The molecule has 0 aromatic heterocycles. The van der Waals surface area contributed by atoms with Crippen LogP contribution in [-0.4, -0.2) is 47.5 Å². The van der Waals surface area contributed by atoms with Crippen LogP contribution >= 0.6 is 0 Å². The van der Waals surface area contributed by atoms with Crippen LogP contribution in [0.5, 0.6) is 5.75 Å². The molecule has 3 amide bonds. The number of esters is 2. The van der Waals surface area contributed by atoms with Crippen molar-refractivity contribution in [1.29, 1.82) is 0 Å². The first kappa shape index (κ1) is 30.8. The van der Waals surface area contributed by atoms with Gasteiger partial charge in [0, 0.05) is 12.8 Å². The van der Waals surface area contributed by atoms with Crippen LogP contribution in [0.1, 0.15) is 52.0 Å². The van der Waals surface area contributed by atoms with Crippen molar-refractivity contribution in [2.24, 2.45) is 5.73 Å². The molecule has 0 aliphatic rings. The summed E-state index contributed by atoms with van der Waals surface area (Å²) in [5, 5.41) is 4.86. The number of nitrogens with one attached hydrogen (secondary N) is 2. The van der Waals surface area contributed by atoms with E-state index in [-0.39, 0.29) is 32.3 Å². The highest BCUT2D eigenvalue weighted by molar-refractivity contribution is 5.91. The Bertz CT molecular complexity index is 1120. The van der Waals surface area contributed by atoms with Crippen LogP contribution in [0, 0.1) is 0 Å². The predicted octanol–water partition coefficient (Wildman–Crippen LogP) is 2.76. The van der Waals surface area contributed by atoms with Gasteiger partial charge >= 0.3 is 18.0 Å². The summed E-state index contributed by atoms with van der Waals surface area (Å²) < 4.78 is 15.6. The summed E-state index contributed by atoms with van der Waals surface area (Å²) in [5.41, 5.74) is 5.39. The highest BCUT2D eigenvalue weighted by atomic mass is 16.6. The van der Waals surface area contributed by atoms with Crippen molar-refractivity contribution in [2.75, 3.05) is 0 Å². The van der Waals surface area contributed by atoms with Gasteiger partial charge in [0.1, 0.15) is 30.0 Å². The molecular formula is C28H35N3O8. The van der Waals surface area contributed by atoms with E-state index in [9.17, 15) is 24.0 Å².